The maximum Gasteiger partial charge on any atom is 0.234 e. The minimum Gasteiger partial charge on any atom is -0.325 e. The molecule has 0 aliphatic heterocycles. The van der Waals surface area contributed by atoms with Crippen LogP contribution < -0.4 is 5.32 Å². The molecule has 1 N–H and O–H groups in total. The SMILES string of the molecule is Cc1ccc(C(C)(C)C(=O)Nc2cc(C)ccc2C)cc1. The van der Waals surface area contributed by atoms with Gasteiger partial charge in [0.05, 0.1) is 5.41 Å². The van der Waals surface area contributed by atoms with Gasteiger partial charge in [0.2, 0.25) is 5.91 Å². The van der Waals surface area contributed by atoms with Crippen molar-refractivity contribution in [2.24, 2.45) is 0 Å². The van der Waals surface area contributed by atoms with Gasteiger partial charge in [-0.15, -0.1) is 0 Å². The molecule has 2 rings (SSSR count). The summed E-state index contributed by atoms with van der Waals surface area (Å²) in [6.45, 7) is 10.00. The number of amides is 1. The number of anilines is 1. The van der Waals surface area contributed by atoms with Crippen molar-refractivity contribution in [1.82, 2.24) is 0 Å². The monoisotopic (exact) mass is 281 g/mol. The molecule has 2 aromatic carbocycles. The molecule has 0 saturated heterocycles. The van der Waals surface area contributed by atoms with Gasteiger partial charge in [0, 0.05) is 5.69 Å². The highest BCUT2D eigenvalue weighted by molar-refractivity contribution is 5.99. The Morgan fingerprint density at radius 3 is 2.10 bits per heavy atom. The molecule has 0 unspecified atom stereocenters. The third-order valence-electron chi connectivity index (χ3n) is 3.98. The molecule has 0 aliphatic rings. The minimum absolute atomic E-state index is 0.0139. The number of carbonyl (C=O) groups is 1. The van der Waals surface area contributed by atoms with Crippen LogP contribution in [0.1, 0.15) is 36.1 Å². The summed E-state index contributed by atoms with van der Waals surface area (Å²) in [5.41, 5.74) is 4.77. The van der Waals surface area contributed by atoms with Crippen molar-refractivity contribution in [2.45, 2.75) is 40.0 Å². The van der Waals surface area contributed by atoms with Crippen molar-refractivity contribution in [3.63, 3.8) is 0 Å². The van der Waals surface area contributed by atoms with Gasteiger partial charge in [-0.05, 0) is 57.4 Å². The summed E-state index contributed by atoms with van der Waals surface area (Å²) in [5.74, 6) is 0.0139. The third-order valence-corrected chi connectivity index (χ3v) is 3.98. The Morgan fingerprint density at radius 1 is 0.905 bits per heavy atom. The average Bonchev–Trinajstić information content (AvgIpc) is 2.43. The smallest absolute Gasteiger partial charge is 0.234 e. The highest BCUT2D eigenvalue weighted by atomic mass is 16.2. The van der Waals surface area contributed by atoms with Gasteiger partial charge in [-0.25, -0.2) is 0 Å². The topological polar surface area (TPSA) is 29.1 Å². The first-order valence-corrected chi connectivity index (χ1v) is 7.26. The van der Waals surface area contributed by atoms with Crippen molar-refractivity contribution in [3.05, 3.63) is 64.7 Å². The van der Waals surface area contributed by atoms with Gasteiger partial charge in [-0.3, -0.25) is 4.79 Å². The summed E-state index contributed by atoms with van der Waals surface area (Å²) in [5, 5.41) is 3.07. The number of hydrogen-bond donors (Lipinski definition) is 1. The number of benzene rings is 2. The van der Waals surface area contributed by atoms with E-state index < -0.39 is 5.41 Å². The maximum atomic E-state index is 12.7. The number of aryl methyl sites for hydroxylation is 3. The fraction of sp³-hybridized carbons (Fsp3) is 0.316. The van der Waals surface area contributed by atoms with Crippen LogP contribution in [0.5, 0.6) is 0 Å². The lowest BCUT2D eigenvalue weighted by molar-refractivity contribution is -0.120. The lowest BCUT2D eigenvalue weighted by Gasteiger charge is -2.25. The average molecular weight is 281 g/mol. The molecule has 2 aromatic rings. The highest BCUT2D eigenvalue weighted by Crippen LogP contribution is 2.26. The molecule has 0 radical (unpaired) electrons. The zero-order valence-corrected chi connectivity index (χ0v) is 13.4. The van der Waals surface area contributed by atoms with Crippen LogP contribution in [0.2, 0.25) is 0 Å². The Labute approximate surface area is 127 Å². The summed E-state index contributed by atoms with van der Waals surface area (Å²) < 4.78 is 0. The van der Waals surface area contributed by atoms with E-state index in [1.165, 1.54) is 5.56 Å². The fourth-order valence-electron chi connectivity index (χ4n) is 2.25. The molecule has 1 amide bonds. The first-order chi connectivity index (χ1) is 9.80. The third kappa shape index (κ3) is 3.33. The Bertz CT molecular complexity index is 654. The molecule has 0 heterocycles. The second-order valence-corrected chi connectivity index (χ2v) is 6.26. The molecular weight excluding hydrogens is 258 g/mol. The lowest BCUT2D eigenvalue weighted by atomic mass is 9.83. The molecule has 2 nitrogen and oxygen atoms in total. The summed E-state index contributed by atoms with van der Waals surface area (Å²) >= 11 is 0. The van der Waals surface area contributed by atoms with E-state index in [9.17, 15) is 4.79 Å². The molecule has 0 fully saturated rings. The first kappa shape index (κ1) is 15.3. The van der Waals surface area contributed by atoms with E-state index in [0.717, 1.165) is 22.4 Å². The van der Waals surface area contributed by atoms with Crippen LogP contribution in [0, 0.1) is 20.8 Å². The van der Waals surface area contributed by atoms with E-state index >= 15 is 0 Å². The van der Waals surface area contributed by atoms with Gasteiger partial charge in [0.1, 0.15) is 0 Å². The Kier molecular flexibility index (Phi) is 4.17. The summed E-state index contributed by atoms with van der Waals surface area (Å²) in [6, 6.07) is 14.2. The van der Waals surface area contributed by atoms with Crippen molar-refractivity contribution < 1.29 is 4.79 Å². The minimum atomic E-state index is -0.566. The molecular formula is C19H23NO. The van der Waals surface area contributed by atoms with E-state index in [-0.39, 0.29) is 5.91 Å². The number of hydrogen-bond acceptors (Lipinski definition) is 1. The summed E-state index contributed by atoms with van der Waals surface area (Å²) in [6.07, 6.45) is 0. The van der Waals surface area contributed by atoms with Crippen LogP contribution in [-0.2, 0) is 10.2 Å². The Morgan fingerprint density at radius 2 is 1.48 bits per heavy atom. The predicted molar refractivity (Wildman–Crippen MR) is 88.8 cm³/mol. The van der Waals surface area contributed by atoms with E-state index in [2.05, 4.69) is 11.4 Å². The standard InChI is InChI=1S/C19H23NO/c1-13-7-10-16(11-8-13)19(4,5)18(21)20-17-12-14(2)6-9-15(17)3/h6-12H,1-5H3,(H,20,21). The Balaban J connectivity index is 2.26. The second-order valence-electron chi connectivity index (χ2n) is 6.26. The second kappa shape index (κ2) is 5.72. The number of carbonyl (C=O) groups excluding carboxylic acids is 1. The maximum absolute atomic E-state index is 12.7. The van der Waals surface area contributed by atoms with Crippen LogP contribution in [0.3, 0.4) is 0 Å². The molecule has 0 atom stereocenters. The van der Waals surface area contributed by atoms with Crippen LogP contribution in [0.15, 0.2) is 42.5 Å². The lowest BCUT2D eigenvalue weighted by Crippen LogP contribution is -2.34. The van der Waals surface area contributed by atoms with Crippen LogP contribution >= 0.6 is 0 Å². The largest absolute Gasteiger partial charge is 0.325 e. The van der Waals surface area contributed by atoms with Gasteiger partial charge in [0.15, 0.2) is 0 Å². The number of rotatable bonds is 3. The van der Waals surface area contributed by atoms with Crippen LogP contribution in [0.25, 0.3) is 0 Å². The first-order valence-electron chi connectivity index (χ1n) is 7.26. The quantitative estimate of drug-likeness (QED) is 0.880. The normalized spacial score (nSPS) is 11.3. The highest BCUT2D eigenvalue weighted by Gasteiger charge is 2.29. The van der Waals surface area contributed by atoms with Gasteiger partial charge in [-0.2, -0.15) is 0 Å². The van der Waals surface area contributed by atoms with Crippen molar-refractivity contribution in [1.29, 1.82) is 0 Å². The zero-order chi connectivity index (χ0) is 15.6. The van der Waals surface area contributed by atoms with Gasteiger partial charge in [-0.1, -0.05) is 42.0 Å². The Hall–Kier alpha value is -2.09. The van der Waals surface area contributed by atoms with E-state index in [4.69, 9.17) is 0 Å². The van der Waals surface area contributed by atoms with Crippen molar-refractivity contribution in [3.8, 4) is 0 Å². The molecule has 2 heteroatoms. The fourth-order valence-corrected chi connectivity index (χ4v) is 2.25. The molecule has 0 bridgehead atoms. The predicted octanol–water partition coefficient (Wildman–Crippen LogP) is 4.53. The molecule has 0 saturated carbocycles. The van der Waals surface area contributed by atoms with Gasteiger partial charge in [0.25, 0.3) is 0 Å². The molecule has 0 aromatic heterocycles. The van der Waals surface area contributed by atoms with Gasteiger partial charge >= 0.3 is 0 Å². The molecule has 21 heavy (non-hydrogen) atoms. The van der Waals surface area contributed by atoms with E-state index in [0.29, 0.717) is 0 Å². The molecule has 110 valence electrons. The summed E-state index contributed by atoms with van der Waals surface area (Å²) in [7, 11) is 0. The molecule has 0 aliphatic carbocycles. The van der Waals surface area contributed by atoms with Crippen LogP contribution in [-0.4, -0.2) is 5.91 Å². The van der Waals surface area contributed by atoms with Gasteiger partial charge < -0.3 is 5.32 Å². The van der Waals surface area contributed by atoms with Crippen molar-refractivity contribution >= 4 is 11.6 Å². The summed E-state index contributed by atoms with van der Waals surface area (Å²) in [4.78, 5) is 12.7. The van der Waals surface area contributed by atoms with Crippen LogP contribution in [0.4, 0.5) is 5.69 Å². The number of nitrogens with one attached hydrogen (secondary N) is 1. The molecule has 0 spiro atoms. The van der Waals surface area contributed by atoms with E-state index in [1.54, 1.807) is 0 Å². The van der Waals surface area contributed by atoms with Crippen molar-refractivity contribution in [2.75, 3.05) is 5.32 Å². The zero-order valence-electron chi connectivity index (χ0n) is 13.4. The van der Waals surface area contributed by atoms with E-state index in [1.807, 2.05) is 71.0 Å².